The van der Waals surface area contributed by atoms with Crippen molar-refractivity contribution >= 4 is 23.4 Å². The van der Waals surface area contributed by atoms with Gasteiger partial charge in [0.2, 0.25) is 11.8 Å². The number of hydrogen-bond acceptors (Lipinski definition) is 5. The van der Waals surface area contributed by atoms with Crippen LogP contribution < -0.4 is 5.32 Å². The SMILES string of the molecule is Cc1cc(C)c(NC(=O)[C@H](C)Sc2nnc(-c3ccccc3C)o2)c(C)c1. The van der Waals surface area contributed by atoms with Crippen molar-refractivity contribution in [2.75, 3.05) is 5.32 Å². The van der Waals surface area contributed by atoms with Crippen LogP contribution in [-0.2, 0) is 4.79 Å². The van der Waals surface area contributed by atoms with E-state index in [2.05, 4.69) is 27.6 Å². The van der Waals surface area contributed by atoms with E-state index in [-0.39, 0.29) is 11.2 Å². The maximum atomic E-state index is 12.6. The predicted octanol–water partition coefficient (Wildman–Crippen LogP) is 5.09. The summed E-state index contributed by atoms with van der Waals surface area (Å²) in [6.07, 6.45) is 0. The van der Waals surface area contributed by atoms with Gasteiger partial charge < -0.3 is 9.73 Å². The molecule has 0 aliphatic heterocycles. The first-order valence-corrected chi connectivity index (χ1v) is 9.68. The number of carbonyl (C=O) groups is 1. The Kier molecular flexibility index (Phi) is 5.65. The van der Waals surface area contributed by atoms with Crippen LogP contribution in [0.4, 0.5) is 5.69 Å². The Balaban J connectivity index is 1.70. The molecule has 0 aliphatic carbocycles. The number of carbonyl (C=O) groups excluding carboxylic acids is 1. The molecule has 27 heavy (non-hydrogen) atoms. The van der Waals surface area contributed by atoms with Gasteiger partial charge in [-0.25, -0.2) is 0 Å². The van der Waals surface area contributed by atoms with E-state index < -0.39 is 0 Å². The van der Waals surface area contributed by atoms with E-state index in [4.69, 9.17) is 4.42 Å². The van der Waals surface area contributed by atoms with Gasteiger partial charge in [-0.15, -0.1) is 10.2 Å². The van der Waals surface area contributed by atoms with Crippen LogP contribution in [0.25, 0.3) is 11.5 Å². The molecule has 0 unspecified atom stereocenters. The number of nitrogens with one attached hydrogen (secondary N) is 1. The highest BCUT2D eigenvalue weighted by molar-refractivity contribution is 8.00. The monoisotopic (exact) mass is 381 g/mol. The first-order valence-electron chi connectivity index (χ1n) is 8.80. The first-order chi connectivity index (χ1) is 12.8. The van der Waals surface area contributed by atoms with Crippen LogP contribution in [0.2, 0.25) is 0 Å². The Labute approximate surface area is 163 Å². The van der Waals surface area contributed by atoms with Crippen molar-refractivity contribution in [2.24, 2.45) is 0 Å². The molecular weight excluding hydrogens is 358 g/mol. The number of rotatable bonds is 5. The van der Waals surface area contributed by atoms with Gasteiger partial charge in [0.15, 0.2) is 0 Å². The third kappa shape index (κ3) is 4.39. The topological polar surface area (TPSA) is 68.0 Å². The van der Waals surface area contributed by atoms with Crippen molar-refractivity contribution in [3.05, 3.63) is 58.7 Å². The lowest BCUT2D eigenvalue weighted by Crippen LogP contribution is -2.23. The standard InChI is InChI=1S/C21H23N3O2S/c1-12-10-14(3)18(15(4)11-12)22-19(25)16(5)27-21-24-23-20(26-21)17-9-7-6-8-13(17)2/h6-11,16H,1-5H3,(H,22,25)/t16-/m0/s1. The van der Waals surface area contributed by atoms with Gasteiger partial charge in [-0.1, -0.05) is 47.7 Å². The molecule has 0 saturated carbocycles. The minimum absolute atomic E-state index is 0.0919. The van der Waals surface area contributed by atoms with Gasteiger partial charge >= 0.3 is 0 Å². The zero-order chi connectivity index (χ0) is 19.6. The summed E-state index contributed by atoms with van der Waals surface area (Å²) in [7, 11) is 0. The molecule has 2 aromatic carbocycles. The summed E-state index contributed by atoms with van der Waals surface area (Å²) in [5, 5.41) is 11.2. The fourth-order valence-corrected chi connectivity index (χ4v) is 3.67. The van der Waals surface area contributed by atoms with Crippen LogP contribution >= 0.6 is 11.8 Å². The summed E-state index contributed by atoms with van der Waals surface area (Å²) < 4.78 is 5.75. The fourth-order valence-electron chi connectivity index (χ4n) is 2.99. The zero-order valence-electron chi connectivity index (χ0n) is 16.2. The molecule has 0 bridgehead atoms. The minimum Gasteiger partial charge on any atom is -0.411 e. The number of hydrogen-bond donors (Lipinski definition) is 1. The molecule has 1 atom stereocenters. The Bertz CT molecular complexity index is 958. The summed E-state index contributed by atoms with van der Waals surface area (Å²) in [6.45, 7) is 9.87. The first kappa shape index (κ1) is 19.2. The summed E-state index contributed by atoms with van der Waals surface area (Å²) >= 11 is 1.25. The Morgan fingerprint density at radius 2 is 1.70 bits per heavy atom. The second-order valence-corrected chi connectivity index (χ2v) is 8.00. The molecule has 3 rings (SSSR count). The number of aryl methyl sites for hydroxylation is 4. The lowest BCUT2D eigenvalue weighted by Gasteiger charge is -2.15. The summed E-state index contributed by atoms with van der Waals surface area (Å²) in [6, 6.07) is 12.0. The third-order valence-electron chi connectivity index (χ3n) is 4.35. The molecule has 1 N–H and O–H groups in total. The van der Waals surface area contributed by atoms with Gasteiger partial charge in [-0.2, -0.15) is 0 Å². The number of aromatic nitrogens is 2. The molecule has 6 heteroatoms. The number of thioether (sulfide) groups is 1. The number of amides is 1. The number of benzene rings is 2. The maximum Gasteiger partial charge on any atom is 0.277 e. The lowest BCUT2D eigenvalue weighted by molar-refractivity contribution is -0.115. The van der Waals surface area contributed by atoms with Gasteiger partial charge in [0, 0.05) is 11.3 Å². The molecule has 5 nitrogen and oxygen atoms in total. The van der Waals surface area contributed by atoms with E-state index in [0.29, 0.717) is 11.1 Å². The largest absolute Gasteiger partial charge is 0.411 e. The molecule has 3 aromatic rings. The van der Waals surface area contributed by atoms with Gasteiger partial charge in [0.1, 0.15) is 0 Å². The highest BCUT2D eigenvalue weighted by Gasteiger charge is 2.20. The highest BCUT2D eigenvalue weighted by atomic mass is 32.2. The molecule has 1 amide bonds. The Hall–Kier alpha value is -2.60. The Morgan fingerprint density at radius 1 is 1.04 bits per heavy atom. The molecule has 1 aromatic heterocycles. The molecule has 140 valence electrons. The van der Waals surface area contributed by atoms with Gasteiger partial charge in [0.25, 0.3) is 5.22 Å². The van der Waals surface area contributed by atoms with E-state index >= 15 is 0 Å². The van der Waals surface area contributed by atoms with Crippen LogP contribution in [0.1, 0.15) is 29.2 Å². The molecule has 0 fully saturated rings. The van der Waals surface area contributed by atoms with E-state index in [1.165, 1.54) is 17.3 Å². The summed E-state index contributed by atoms with van der Waals surface area (Å²) in [5.74, 6) is 0.374. The van der Waals surface area contributed by atoms with E-state index in [1.54, 1.807) is 0 Å². The van der Waals surface area contributed by atoms with Crippen molar-refractivity contribution in [3.63, 3.8) is 0 Å². The average molecular weight is 382 g/mol. The highest BCUT2D eigenvalue weighted by Crippen LogP contribution is 2.29. The van der Waals surface area contributed by atoms with Crippen molar-refractivity contribution < 1.29 is 9.21 Å². The predicted molar refractivity (Wildman–Crippen MR) is 109 cm³/mol. The van der Waals surface area contributed by atoms with Crippen molar-refractivity contribution in [2.45, 2.75) is 45.1 Å². The number of anilines is 1. The summed E-state index contributed by atoms with van der Waals surface area (Å²) in [5.41, 5.74) is 6.12. The fraction of sp³-hybridized carbons (Fsp3) is 0.286. The van der Waals surface area contributed by atoms with Crippen LogP contribution in [0.3, 0.4) is 0 Å². The maximum absolute atomic E-state index is 12.6. The second-order valence-electron chi connectivity index (χ2n) is 6.71. The van der Waals surface area contributed by atoms with Gasteiger partial charge in [-0.05, 0) is 57.4 Å². The van der Waals surface area contributed by atoms with Crippen LogP contribution in [0.15, 0.2) is 46.0 Å². The van der Waals surface area contributed by atoms with Crippen LogP contribution in [0.5, 0.6) is 0 Å². The number of nitrogens with zero attached hydrogens (tertiary/aromatic N) is 2. The third-order valence-corrected chi connectivity index (χ3v) is 5.29. The Morgan fingerprint density at radius 3 is 2.37 bits per heavy atom. The zero-order valence-corrected chi connectivity index (χ0v) is 17.0. The quantitative estimate of drug-likeness (QED) is 0.624. The molecule has 0 saturated heterocycles. The van der Waals surface area contributed by atoms with E-state index in [0.717, 1.165) is 27.9 Å². The van der Waals surface area contributed by atoms with Crippen molar-refractivity contribution in [3.8, 4) is 11.5 Å². The minimum atomic E-state index is -0.365. The van der Waals surface area contributed by atoms with E-state index in [1.807, 2.05) is 58.9 Å². The molecule has 1 heterocycles. The normalized spacial score (nSPS) is 12.0. The summed E-state index contributed by atoms with van der Waals surface area (Å²) in [4.78, 5) is 12.6. The molecule has 0 radical (unpaired) electrons. The van der Waals surface area contributed by atoms with Crippen molar-refractivity contribution in [1.82, 2.24) is 10.2 Å². The molecule has 0 aliphatic rings. The van der Waals surface area contributed by atoms with Gasteiger partial charge in [-0.3, -0.25) is 4.79 Å². The molecular formula is C21H23N3O2S. The van der Waals surface area contributed by atoms with Crippen LogP contribution in [0, 0.1) is 27.7 Å². The molecule has 0 spiro atoms. The van der Waals surface area contributed by atoms with Gasteiger partial charge in [0.05, 0.1) is 5.25 Å². The van der Waals surface area contributed by atoms with E-state index in [9.17, 15) is 4.79 Å². The van der Waals surface area contributed by atoms with Crippen molar-refractivity contribution in [1.29, 1.82) is 0 Å². The smallest absolute Gasteiger partial charge is 0.277 e. The lowest BCUT2D eigenvalue weighted by atomic mass is 10.1. The van der Waals surface area contributed by atoms with Crippen LogP contribution in [-0.4, -0.2) is 21.4 Å². The average Bonchev–Trinajstić information content (AvgIpc) is 3.06. The second kappa shape index (κ2) is 7.96.